The van der Waals surface area contributed by atoms with Crippen molar-refractivity contribution in [2.24, 2.45) is 5.92 Å². The second kappa shape index (κ2) is 8.09. The van der Waals surface area contributed by atoms with E-state index in [1.54, 1.807) is 0 Å². The van der Waals surface area contributed by atoms with Gasteiger partial charge in [0.05, 0.1) is 0 Å². The third-order valence-corrected chi connectivity index (χ3v) is 4.24. The predicted molar refractivity (Wildman–Crippen MR) is 78.1 cm³/mol. The average molecular weight is 275 g/mol. The van der Waals surface area contributed by atoms with Gasteiger partial charge in [-0.1, -0.05) is 13.0 Å². The summed E-state index contributed by atoms with van der Waals surface area (Å²) in [6, 6.07) is 4.33. The van der Waals surface area contributed by atoms with Gasteiger partial charge in [0.15, 0.2) is 0 Å². The van der Waals surface area contributed by atoms with Crippen molar-refractivity contribution in [1.82, 2.24) is 10.2 Å². The Labute approximate surface area is 115 Å². The summed E-state index contributed by atoms with van der Waals surface area (Å²) in [7, 11) is 0. The molecular formula is C13H23ClN2S. The second-order valence-corrected chi connectivity index (χ2v) is 5.64. The van der Waals surface area contributed by atoms with Crippen LogP contribution in [-0.2, 0) is 6.54 Å². The summed E-state index contributed by atoms with van der Waals surface area (Å²) in [4.78, 5) is 4.02. The van der Waals surface area contributed by atoms with Gasteiger partial charge in [-0.15, -0.1) is 23.7 Å². The first-order chi connectivity index (χ1) is 7.88. The van der Waals surface area contributed by atoms with Crippen LogP contribution in [0.25, 0.3) is 0 Å². The van der Waals surface area contributed by atoms with Crippen molar-refractivity contribution in [2.45, 2.75) is 26.3 Å². The highest BCUT2D eigenvalue weighted by atomic mass is 35.5. The van der Waals surface area contributed by atoms with Crippen LogP contribution in [0.3, 0.4) is 0 Å². The molecule has 4 heteroatoms. The van der Waals surface area contributed by atoms with Crippen molar-refractivity contribution in [3.63, 3.8) is 0 Å². The largest absolute Gasteiger partial charge is 0.312 e. The Morgan fingerprint density at radius 2 is 2.41 bits per heavy atom. The molecule has 17 heavy (non-hydrogen) atoms. The van der Waals surface area contributed by atoms with E-state index in [4.69, 9.17) is 0 Å². The van der Waals surface area contributed by atoms with Crippen molar-refractivity contribution in [1.29, 1.82) is 0 Å². The van der Waals surface area contributed by atoms with Gasteiger partial charge < -0.3 is 10.2 Å². The average Bonchev–Trinajstić information content (AvgIpc) is 2.82. The Balaban J connectivity index is 0.00000144. The Hall–Kier alpha value is -0.0900. The molecule has 1 atom stereocenters. The summed E-state index contributed by atoms with van der Waals surface area (Å²) in [6.07, 6.45) is 2.77. The van der Waals surface area contributed by atoms with E-state index in [1.165, 1.54) is 43.9 Å². The van der Waals surface area contributed by atoms with Crippen LogP contribution in [0.5, 0.6) is 0 Å². The van der Waals surface area contributed by atoms with Crippen LogP contribution in [0.4, 0.5) is 0 Å². The van der Waals surface area contributed by atoms with Crippen LogP contribution in [0.15, 0.2) is 17.5 Å². The Bertz CT molecular complexity index is 290. The molecule has 1 aromatic heterocycles. The van der Waals surface area contributed by atoms with Gasteiger partial charge in [0, 0.05) is 18.0 Å². The van der Waals surface area contributed by atoms with Crippen molar-refractivity contribution in [3.8, 4) is 0 Å². The molecule has 1 N–H and O–H groups in total. The van der Waals surface area contributed by atoms with E-state index in [9.17, 15) is 0 Å². The van der Waals surface area contributed by atoms with Gasteiger partial charge in [0.25, 0.3) is 0 Å². The summed E-state index contributed by atoms with van der Waals surface area (Å²) in [6.45, 7) is 8.28. The van der Waals surface area contributed by atoms with Gasteiger partial charge >= 0.3 is 0 Å². The van der Waals surface area contributed by atoms with E-state index >= 15 is 0 Å². The zero-order valence-corrected chi connectivity index (χ0v) is 12.2. The van der Waals surface area contributed by atoms with E-state index in [1.807, 2.05) is 11.3 Å². The van der Waals surface area contributed by atoms with Gasteiger partial charge in [-0.3, -0.25) is 0 Å². The molecule has 1 aliphatic heterocycles. The van der Waals surface area contributed by atoms with Gasteiger partial charge in [-0.25, -0.2) is 0 Å². The third kappa shape index (κ3) is 4.96. The standard InChI is InChI=1S/C13H22N2S.ClH/c1-2-15-7-3-5-12(11-15)9-14-10-13-6-4-8-16-13;/h4,6,8,12,14H,2-3,5,7,9-11H2,1H3;1H. The summed E-state index contributed by atoms with van der Waals surface area (Å²) in [5.74, 6) is 0.855. The minimum absolute atomic E-state index is 0. The number of nitrogens with one attached hydrogen (secondary N) is 1. The normalized spacial score (nSPS) is 21.1. The Morgan fingerprint density at radius 1 is 1.53 bits per heavy atom. The fourth-order valence-electron chi connectivity index (χ4n) is 2.42. The van der Waals surface area contributed by atoms with Gasteiger partial charge in [0.1, 0.15) is 0 Å². The molecular weight excluding hydrogens is 252 g/mol. The highest BCUT2D eigenvalue weighted by Gasteiger charge is 2.17. The maximum absolute atomic E-state index is 3.59. The first kappa shape index (κ1) is 15.0. The van der Waals surface area contributed by atoms with E-state index in [0.717, 1.165) is 12.5 Å². The molecule has 1 aliphatic rings. The molecule has 2 rings (SSSR count). The number of nitrogens with zero attached hydrogens (tertiary/aromatic N) is 1. The lowest BCUT2D eigenvalue weighted by atomic mass is 9.98. The van der Waals surface area contributed by atoms with Gasteiger partial charge in [0.2, 0.25) is 0 Å². The van der Waals surface area contributed by atoms with Gasteiger partial charge in [-0.2, -0.15) is 0 Å². The molecule has 0 spiro atoms. The van der Waals surface area contributed by atoms with E-state index < -0.39 is 0 Å². The van der Waals surface area contributed by atoms with Crippen LogP contribution in [0.2, 0.25) is 0 Å². The van der Waals surface area contributed by atoms with E-state index in [-0.39, 0.29) is 12.4 Å². The summed E-state index contributed by atoms with van der Waals surface area (Å²) in [5.41, 5.74) is 0. The SMILES string of the molecule is CCN1CCCC(CNCc2cccs2)C1.Cl. The fourth-order valence-corrected chi connectivity index (χ4v) is 3.09. The maximum atomic E-state index is 3.59. The van der Waals surface area contributed by atoms with Crippen molar-refractivity contribution >= 4 is 23.7 Å². The van der Waals surface area contributed by atoms with Crippen molar-refractivity contribution in [3.05, 3.63) is 22.4 Å². The molecule has 1 unspecified atom stereocenters. The lowest BCUT2D eigenvalue weighted by Gasteiger charge is -2.31. The Morgan fingerprint density at radius 3 is 3.12 bits per heavy atom. The highest BCUT2D eigenvalue weighted by molar-refractivity contribution is 7.09. The first-order valence-electron chi connectivity index (χ1n) is 6.34. The van der Waals surface area contributed by atoms with Crippen molar-refractivity contribution < 1.29 is 0 Å². The number of halogens is 1. The summed E-state index contributed by atoms with van der Waals surface area (Å²) >= 11 is 1.84. The molecule has 2 nitrogen and oxygen atoms in total. The number of hydrogen-bond donors (Lipinski definition) is 1. The zero-order chi connectivity index (χ0) is 11.2. The molecule has 0 saturated carbocycles. The summed E-state index contributed by atoms with van der Waals surface area (Å²) < 4.78 is 0. The smallest absolute Gasteiger partial charge is 0.0299 e. The molecule has 0 amide bonds. The summed E-state index contributed by atoms with van der Waals surface area (Å²) in [5, 5.41) is 5.74. The predicted octanol–water partition coefficient (Wildman–Crippen LogP) is 2.99. The third-order valence-electron chi connectivity index (χ3n) is 3.36. The lowest BCUT2D eigenvalue weighted by molar-refractivity contribution is 0.180. The molecule has 0 aromatic carbocycles. The molecule has 0 bridgehead atoms. The highest BCUT2D eigenvalue weighted by Crippen LogP contribution is 2.15. The monoisotopic (exact) mass is 274 g/mol. The minimum Gasteiger partial charge on any atom is -0.312 e. The topological polar surface area (TPSA) is 15.3 Å². The van der Waals surface area contributed by atoms with Crippen molar-refractivity contribution in [2.75, 3.05) is 26.2 Å². The van der Waals surface area contributed by atoms with E-state index in [2.05, 4.69) is 34.7 Å². The first-order valence-corrected chi connectivity index (χ1v) is 7.22. The van der Waals surface area contributed by atoms with Crippen LogP contribution < -0.4 is 5.32 Å². The van der Waals surface area contributed by atoms with Gasteiger partial charge in [-0.05, 0) is 49.8 Å². The quantitative estimate of drug-likeness (QED) is 0.888. The number of rotatable bonds is 5. The van der Waals surface area contributed by atoms with E-state index in [0.29, 0.717) is 0 Å². The van der Waals surface area contributed by atoms with Crippen LogP contribution >= 0.6 is 23.7 Å². The number of thiophene rings is 1. The van der Waals surface area contributed by atoms with Crippen LogP contribution in [0.1, 0.15) is 24.6 Å². The minimum atomic E-state index is 0. The Kier molecular flexibility index (Phi) is 7.12. The molecule has 2 heterocycles. The second-order valence-electron chi connectivity index (χ2n) is 4.61. The van der Waals surface area contributed by atoms with Crippen LogP contribution in [-0.4, -0.2) is 31.1 Å². The number of hydrogen-bond acceptors (Lipinski definition) is 3. The fraction of sp³-hybridized carbons (Fsp3) is 0.692. The van der Waals surface area contributed by atoms with Crippen LogP contribution in [0, 0.1) is 5.92 Å². The number of piperidine rings is 1. The molecule has 0 radical (unpaired) electrons. The molecule has 1 aromatic rings. The molecule has 98 valence electrons. The molecule has 1 fully saturated rings. The lowest BCUT2D eigenvalue weighted by Crippen LogP contribution is -2.39. The number of likely N-dealkylation sites (tertiary alicyclic amines) is 1. The maximum Gasteiger partial charge on any atom is 0.0299 e. The zero-order valence-electron chi connectivity index (χ0n) is 10.5. The molecule has 0 aliphatic carbocycles. The molecule has 1 saturated heterocycles.